The normalized spacial score (nSPS) is 12.0. The Morgan fingerprint density at radius 2 is 1.16 bits per heavy atom. The molecule has 1 aromatic heterocycles. The lowest BCUT2D eigenvalue weighted by molar-refractivity contribution is 0.477. The molecular weight excluding hydrogens is 745 g/mol. The molecule has 0 fully saturated rings. The van der Waals surface area contributed by atoms with Gasteiger partial charge in [0.2, 0.25) is 0 Å². The fraction of sp³-hybridized carbons (Fsp3) is 0.0179. The second kappa shape index (κ2) is 15.9. The lowest BCUT2D eigenvalue weighted by Crippen LogP contribution is -2.15. The molecular formula is C56H42N4O. The Balaban J connectivity index is 0.000000293. The van der Waals surface area contributed by atoms with Crippen LogP contribution in [-0.2, 0) is 0 Å². The minimum absolute atomic E-state index is 0.289. The van der Waals surface area contributed by atoms with E-state index in [2.05, 4.69) is 163 Å². The third kappa shape index (κ3) is 6.98. The van der Waals surface area contributed by atoms with Crippen LogP contribution in [0.15, 0.2) is 218 Å². The molecule has 10 aromatic rings. The predicted octanol–water partition coefficient (Wildman–Crippen LogP) is 14.7. The molecule has 0 radical (unpaired) electrons. The molecule has 3 N–H and O–H groups in total. The lowest BCUT2D eigenvalue weighted by Gasteiger charge is -2.33. The number of ether oxygens (including phenoxy) is 1. The highest BCUT2D eigenvalue weighted by Gasteiger charge is 2.27. The highest BCUT2D eigenvalue weighted by Crippen LogP contribution is 2.51. The average molecular weight is 787 g/mol. The third-order valence-electron chi connectivity index (χ3n) is 11.3. The molecule has 5 nitrogen and oxygen atoms in total. The second-order valence-electron chi connectivity index (χ2n) is 15.2. The molecule has 0 amide bonds. The molecule has 61 heavy (non-hydrogen) atoms. The van der Waals surface area contributed by atoms with Crippen molar-refractivity contribution in [2.75, 3.05) is 4.90 Å². The molecule has 11 rings (SSSR count). The fourth-order valence-corrected chi connectivity index (χ4v) is 8.40. The van der Waals surface area contributed by atoms with E-state index in [1.165, 1.54) is 16.7 Å². The van der Waals surface area contributed by atoms with Crippen LogP contribution in [0.2, 0.25) is 0 Å². The first kappa shape index (κ1) is 37.1. The first-order chi connectivity index (χ1) is 30.0. The SMILES string of the molecule is Cc1ccc(-c2ccccc2)cc1.N=C(/C=C(\N)c1ccccc1)n1c2ccc3ccccc3c2c2cccc(-c3ccc4c(c3)Oc3ccccc3N4c3ccccc3)c21. The summed E-state index contributed by atoms with van der Waals surface area (Å²) in [6, 6.07) is 72.8. The van der Waals surface area contributed by atoms with E-state index < -0.39 is 0 Å². The van der Waals surface area contributed by atoms with Crippen LogP contribution in [0.4, 0.5) is 17.1 Å². The van der Waals surface area contributed by atoms with Crippen LogP contribution in [-0.4, -0.2) is 10.4 Å². The van der Waals surface area contributed by atoms with E-state index in [9.17, 15) is 5.41 Å². The quantitative estimate of drug-likeness (QED) is 0.135. The summed E-state index contributed by atoms with van der Waals surface area (Å²) in [4.78, 5) is 2.24. The van der Waals surface area contributed by atoms with Crippen molar-refractivity contribution in [2.24, 2.45) is 5.73 Å². The summed E-state index contributed by atoms with van der Waals surface area (Å²) in [7, 11) is 0. The lowest BCUT2D eigenvalue weighted by atomic mass is 9.99. The molecule has 0 unspecified atom stereocenters. The highest BCUT2D eigenvalue weighted by atomic mass is 16.5. The summed E-state index contributed by atoms with van der Waals surface area (Å²) in [5.41, 5.74) is 18.8. The number of rotatable bonds is 5. The number of allylic oxidation sites excluding steroid dienone is 1. The van der Waals surface area contributed by atoms with Crippen LogP contribution < -0.4 is 15.4 Å². The molecule has 0 aliphatic carbocycles. The topological polar surface area (TPSA) is 67.3 Å². The van der Waals surface area contributed by atoms with Crippen molar-refractivity contribution in [3.8, 4) is 33.8 Å². The monoisotopic (exact) mass is 786 g/mol. The van der Waals surface area contributed by atoms with Gasteiger partial charge in [0.15, 0.2) is 11.5 Å². The molecule has 9 aromatic carbocycles. The van der Waals surface area contributed by atoms with Gasteiger partial charge in [0.25, 0.3) is 0 Å². The van der Waals surface area contributed by atoms with Crippen molar-refractivity contribution in [1.82, 2.24) is 4.57 Å². The molecule has 1 aliphatic heterocycles. The van der Waals surface area contributed by atoms with Gasteiger partial charge in [-0.3, -0.25) is 9.98 Å². The zero-order valence-electron chi connectivity index (χ0n) is 33.7. The molecule has 0 saturated heterocycles. The second-order valence-corrected chi connectivity index (χ2v) is 15.2. The van der Waals surface area contributed by atoms with Gasteiger partial charge in [0, 0.05) is 33.8 Å². The van der Waals surface area contributed by atoms with Crippen molar-refractivity contribution >= 4 is 61.2 Å². The van der Waals surface area contributed by atoms with Crippen molar-refractivity contribution < 1.29 is 4.74 Å². The van der Waals surface area contributed by atoms with E-state index in [1.807, 2.05) is 65.2 Å². The van der Waals surface area contributed by atoms with Crippen molar-refractivity contribution in [3.05, 3.63) is 230 Å². The number of aryl methyl sites for hydroxylation is 1. The summed E-state index contributed by atoms with van der Waals surface area (Å²) < 4.78 is 8.62. The Bertz CT molecular complexity index is 3240. The van der Waals surface area contributed by atoms with Crippen LogP contribution in [0.1, 0.15) is 11.1 Å². The van der Waals surface area contributed by atoms with Gasteiger partial charge in [0.1, 0.15) is 5.84 Å². The largest absolute Gasteiger partial charge is 0.453 e. The van der Waals surface area contributed by atoms with E-state index in [0.717, 1.165) is 77.8 Å². The smallest absolute Gasteiger partial charge is 0.152 e. The summed E-state index contributed by atoms with van der Waals surface area (Å²) in [5, 5.41) is 14.0. The standard InChI is InChI=1S/C43H30N4O.C13H12/c44-35(29-13-3-1-4-14-29)27-41(45)47-38-25-22-28-12-7-8-17-32(28)42(38)34-19-11-18-33(43(34)47)30-23-24-37-40(26-30)48-39-21-10-9-20-36(39)46(37)31-15-5-2-6-16-31;1-11-7-9-13(10-8-11)12-5-3-2-4-6-12/h1-27,45H,44H2;2-10H,1H3/b35-27-,45-41?;. The van der Waals surface area contributed by atoms with E-state index in [-0.39, 0.29) is 5.84 Å². The number of aromatic nitrogens is 1. The minimum Gasteiger partial charge on any atom is -0.453 e. The van der Waals surface area contributed by atoms with Crippen LogP contribution in [0.25, 0.3) is 60.5 Å². The van der Waals surface area contributed by atoms with Gasteiger partial charge >= 0.3 is 0 Å². The molecule has 0 atom stereocenters. The van der Waals surface area contributed by atoms with E-state index >= 15 is 0 Å². The summed E-state index contributed by atoms with van der Waals surface area (Å²) >= 11 is 0. The Kier molecular flexibility index (Phi) is 9.68. The Hall–Kier alpha value is -8.15. The molecule has 0 bridgehead atoms. The number of para-hydroxylation sites is 4. The maximum absolute atomic E-state index is 9.49. The summed E-state index contributed by atoms with van der Waals surface area (Å²) in [6.07, 6.45) is 1.75. The van der Waals surface area contributed by atoms with Crippen LogP contribution in [0, 0.1) is 12.3 Å². The summed E-state index contributed by atoms with van der Waals surface area (Å²) in [5.74, 6) is 1.86. The molecule has 1 aliphatic rings. The number of nitrogens with zero attached hydrogens (tertiary/aromatic N) is 2. The van der Waals surface area contributed by atoms with Gasteiger partial charge in [-0.05, 0) is 82.4 Å². The zero-order valence-corrected chi connectivity index (χ0v) is 33.7. The number of benzene rings is 9. The Labute approximate surface area is 355 Å². The zero-order chi connectivity index (χ0) is 41.3. The van der Waals surface area contributed by atoms with Gasteiger partial charge in [-0.25, -0.2) is 0 Å². The Morgan fingerprint density at radius 3 is 1.95 bits per heavy atom. The van der Waals surface area contributed by atoms with Gasteiger partial charge < -0.3 is 15.4 Å². The van der Waals surface area contributed by atoms with E-state index in [0.29, 0.717) is 5.70 Å². The number of fused-ring (bicyclic) bond motifs is 7. The van der Waals surface area contributed by atoms with Gasteiger partial charge in [-0.15, -0.1) is 0 Å². The number of hydrogen-bond donors (Lipinski definition) is 2. The van der Waals surface area contributed by atoms with Crippen LogP contribution in [0.3, 0.4) is 0 Å². The first-order valence-corrected chi connectivity index (χ1v) is 20.5. The average Bonchev–Trinajstić information content (AvgIpc) is 3.67. The third-order valence-corrected chi connectivity index (χ3v) is 11.3. The fourth-order valence-electron chi connectivity index (χ4n) is 8.40. The molecule has 0 saturated carbocycles. The van der Waals surface area contributed by atoms with Crippen molar-refractivity contribution in [2.45, 2.75) is 6.92 Å². The van der Waals surface area contributed by atoms with E-state index in [1.54, 1.807) is 6.08 Å². The van der Waals surface area contributed by atoms with Gasteiger partial charge in [0.05, 0.1) is 22.4 Å². The first-order valence-electron chi connectivity index (χ1n) is 20.5. The minimum atomic E-state index is 0.289. The predicted molar refractivity (Wildman–Crippen MR) is 255 cm³/mol. The summed E-state index contributed by atoms with van der Waals surface area (Å²) in [6.45, 7) is 2.11. The van der Waals surface area contributed by atoms with E-state index in [4.69, 9.17) is 10.5 Å². The number of nitrogens with one attached hydrogen (secondary N) is 1. The van der Waals surface area contributed by atoms with Crippen molar-refractivity contribution in [1.29, 1.82) is 5.41 Å². The molecule has 2 heterocycles. The highest BCUT2D eigenvalue weighted by molar-refractivity contribution is 6.26. The maximum Gasteiger partial charge on any atom is 0.152 e. The Morgan fingerprint density at radius 1 is 0.541 bits per heavy atom. The molecule has 5 heteroatoms. The van der Waals surface area contributed by atoms with Crippen LogP contribution >= 0.6 is 0 Å². The number of anilines is 3. The number of hydrogen-bond acceptors (Lipinski definition) is 4. The number of nitrogens with two attached hydrogens (primary N) is 1. The van der Waals surface area contributed by atoms with Gasteiger partial charge in [-0.2, -0.15) is 0 Å². The molecule has 292 valence electrons. The molecule has 0 spiro atoms. The van der Waals surface area contributed by atoms with Gasteiger partial charge in [-0.1, -0.05) is 175 Å². The van der Waals surface area contributed by atoms with Crippen LogP contribution in [0.5, 0.6) is 11.5 Å². The maximum atomic E-state index is 9.49. The van der Waals surface area contributed by atoms with Crippen molar-refractivity contribution in [3.63, 3.8) is 0 Å².